The zero-order chi connectivity index (χ0) is 8.27. The van der Waals surface area contributed by atoms with Crippen LogP contribution in [0.2, 0.25) is 0 Å². The van der Waals surface area contributed by atoms with E-state index in [2.05, 4.69) is 10.3 Å². The lowest BCUT2D eigenvalue weighted by atomic mass is 10.5. The number of rotatable bonds is 3. The number of carbonyl (C=O) groups is 2. The zero-order valence-electron chi connectivity index (χ0n) is 5.47. The highest BCUT2D eigenvalue weighted by Crippen LogP contribution is 1.90. The van der Waals surface area contributed by atoms with E-state index in [-0.39, 0.29) is 12.2 Å². The number of carbonyl (C=O) groups excluding carboxylic acids is 1. The fourth-order valence-electron chi connectivity index (χ4n) is 0.608. The summed E-state index contributed by atoms with van der Waals surface area (Å²) >= 11 is 0. The molecule has 1 aromatic heterocycles. The first-order valence-corrected chi connectivity index (χ1v) is 2.79. The molecule has 0 aliphatic carbocycles. The minimum absolute atomic E-state index is 0.160. The summed E-state index contributed by atoms with van der Waals surface area (Å²) in [5.41, 5.74) is 0.160. The first-order valence-electron chi connectivity index (χ1n) is 2.79. The SMILES string of the molecule is O=Cc1cnnn1CC(=O)O. The van der Waals surface area contributed by atoms with Crippen molar-refractivity contribution in [3.05, 3.63) is 11.9 Å². The second-order valence-corrected chi connectivity index (χ2v) is 1.83. The van der Waals surface area contributed by atoms with Crippen LogP contribution in [0.25, 0.3) is 0 Å². The summed E-state index contributed by atoms with van der Waals surface area (Å²) in [6.45, 7) is -0.339. The van der Waals surface area contributed by atoms with Crippen LogP contribution >= 0.6 is 0 Å². The highest BCUT2D eigenvalue weighted by molar-refractivity contribution is 5.73. The van der Waals surface area contributed by atoms with E-state index in [0.717, 1.165) is 4.68 Å². The van der Waals surface area contributed by atoms with Gasteiger partial charge >= 0.3 is 5.97 Å². The van der Waals surface area contributed by atoms with Gasteiger partial charge in [0, 0.05) is 0 Å². The van der Waals surface area contributed by atoms with Crippen LogP contribution in [0.5, 0.6) is 0 Å². The van der Waals surface area contributed by atoms with Gasteiger partial charge in [0.25, 0.3) is 0 Å². The van der Waals surface area contributed by atoms with Gasteiger partial charge in [-0.05, 0) is 0 Å². The largest absolute Gasteiger partial charge is 0.480 e. The summed E-state index contributed by atoms with van der Waals surface area (Å²) in [7, 11) is 0. The lowest BCUT2D eigenvalue weighted by molar-refractivity contribution is -0.137. The third kappa shape index (κ3) is 1.60. The molecule has 0 saturated heterocycles. The molecule has 0 bridgehead atoms. The van der Waals surface area contributed by atoms with Gasteiger partial charge in [-0.15, -0.1) is 5.10 Å². The number of aliphatic carboxylic acids is 1. The number of aldehydes is 1. The molecule has 0 aliphatic rings. The molecule has 1 aromatic rings. The van der Waals surface area contributed by atoms with E-state index < -0.39 is 5.97 Å². The molecule has 0 aliphatic heterocycles. The highest BCUT2D eigenvalue weighted by atomic mass is 16.4. The molecule has 0 spiro atoms. The first kappa shape index (κ1) is 7.39. The molecule has 0 fully saturated rings. The quantitative estimate of drug-likeness (QED) is 0.576. The highest BCUT2D eigenvalue weighted by Gasteiger charge is 2.05. The molecule has 1 N–H and O–H groups in total. The van der Waals surface area contributed by atoms with Crippen LogP contribution in [-0.2, 0) is 11.3 Å². The first-order chi connectivity index (χ1) is 5.24. The van der Waals surface area contributed by atoms with Crippen molar-refractivity contribution >= 4 is 12.3 Å². The maximum atomic E-state index is 10.2. The number of hydrogen-bond acceptors (Lipinski definition) is 4. The van der Waals surface area contributed by atoms with E-state index in [9.17, 15) is 9.59 Å². The van der Waals surface area contributed by atoms with E-state index in [1.165, 1.54) is 6.20 Å². The zero-order valence-corrected chi connectivity index (χ0v) is 5.47. The molecule has 1 heterocycles. The Kier molecular flexibility index (Phi) is 1.95. The summed E-state index contributed by atoms with van der Waals surface area (Å²) in [6, 6.07) is 0. The number of carboxylic acids is 1. The Hall–Kier alpha value is -1.72. The van der Waals surface area contributed by atoms with Crippen molar-refractivity contribution in [1.29, 1.82) is 0 Å². The second kappa shape index (κ2) is 2.91. The lowest BCUT2D eigenvalue weighted by Crippen LogP contribution is -2.12. The second-order valence-electron chi connectivity index (χ2n) is 1.83. The van der Waals surface area contributed by atoms with Crippen LogP contribution in [0.4, 0.5) is 0 Å². The van der Waals surface area contributed by atoms with Gasteiger partial charge in [0.15, 0.2) is 6.29 Å². The summed E-state index contributed by atoms with van der Waals surface area (Å²) in [4.78, 5) is 20.3. The molecule has 6 nitrogen and oxygen atoms in total. The Labute approximate surface area is 61.4 Å². The third-order valence-electron chi connectivity index (χ3n) is 1.05. The van der Waals surface area contributed by atoms with Gasteiger partial charge in [-0.1, -0.05) is 5.21 Å². The smallest absolute Gasteiger partial charge is 0.325 e. The van der Waals surface area contributed by atoms with Gasteiger partial charge in [0.1, 0.15) is 12.2 Å². The van der Waals surface area contributed by atoms with Crippen molar-refractivity contribution < 1.29 is 14.7 Å². The van der Waals surface area contributed by atoms with E-state index in [0.29, 0.717) is 6.29 Å². The van der Waals surface area contributed by atoms with E-state index >= 15 is 0 Å². The van der Waals surface area contributed by atoms with Crippen molar-refractivity contribution in [1.82, 2.24) is 15.0 Å². The average Bonchev–Trinajstić information content (AvgIpc) is 2.34. The Bertz CT molecular complexity index is 280. The molecule has 0 amide bonds. The van der Waals surface area contributed by atoms with Crippen molar-refractivity contribution in [3.63, 3.8) is 0 Å². The van der Waals surface area contributed by atoms with E-state index in [4.69, 9.17) is 5.11 Å². The van der Waals surface area contributed by atoms with Gasteiger partial charge in [-0.3, -0.25) is 9.59 Å². The average molecular weight is 155 g/mol. The standard InChI is InChI=1S/C5H5N3O3/c9-3-4-1-6-7-8(4)2-5(10)11/h1,3H,2H2,(H,10,11). The summed E-state index contributed by atoms with van der Waals surface area (Å²) in [6.07, 6.45) is 1.71. The van der Waals surface area contributed by atoms with Crippen LogP contribution < -0.4 is 0 Å². The fourth-order valence-corrected chi connectivity index (χ4v) is 0.608. The Balaban J connectivity index is 2.84. The van der Waals surface area contributed by atoms with Gasteiger partial charge in [-0.2, -0.15) is 0 Å². The van der Waals surface area contributed by atoms with Crippen LogP contribution in [0.3, 0.4) is 0 Å². The van der Waals surface area contributed by atoms with Crippen LogP contribution in [0.1, 0.15) is 10.5 Å². The van der Waals surface area contributed by atoms with Crippen molar-refractivity contribution in [2.75, 3.05) is 0 Å². The topological polar surface area (TPSA) is 85.1 Å². The van der Waals surface area contributed by atoms with Crippen molar-refractivity contribution in [3.8, 4) is 0 Å². The molecule has 0 unspecified atom stereocenters. The molecule has 1 rings (SSSR count). The molecule has 6 heteroatoms. The summed E-state index contributed by atoms with van der Waals surface area (Å²) < 4.78 is 1.01. The minimum atomic E-state index is -1.06. The Morgan fingerprint density at radius 1 is 1.82 bits per heavy atom. The molecule has 58 valence electrons. The molecular formula is C5H5N3O3. The predicted molar refractivity (Wildman–Crippen MR) is 33.0 cm³/mol. The van der Waals surface area contributed by atoms with Gasteiger partial charge in [0.2, 0.25) is 0 Å². The Morgan fingerprint density at radius 3 is 3.09 bits per heavy atom. The molecule has 0 saturated carbocycles. The minimum Gasteiger partial charge on any atom is -0.480 e. The summed E-state index contributed by atoms with van der Waals surface area (Å²) in [5.74, 6) is -1.06. The van der Waals surface area contributed by atoms with Crippen molar-refractivity contribution in [2.45, 2.75) is 6.54 Å². The van der Waals surface area contributed by atoms with Gasteiger partial charge in [-0.25, -0.2) is 4.68 Å². The molecular weight excluding hydrogens is 150 g/mol. The van der Waals surface area contributed by atoms with Gasteiger partial charge < -0.3 is 5.11 Å². The monoisotopic (exact) mass is 155 g/mol. The Morgan fingerprint density at radius 2 is 2.55 bits per heavy atom. The summed E-state index contributed by atoms with van der Waals surface area (Å²) in [5, 5.41) is 15.0. The van der Waals surface area contributed by atoms with Crippen LogP contribution in [-0.4, -0.2) is 32.4 Å². The van der Waals surface area contributed by atoms with Crippen molar-refractivity contribution in [2.24, 2.45) is 0 Å². The predicted octanol–water partition coefficient (Wildman–Crippen LogP) is -0.825. The van der Waals surface area contributed by atoms with Gasteiger partial charge in [0.05, 0.1) is 6.20 Å². The normalized spacial score (nSPS) is 9.45. The van der Waals surface area contributed by atoms with Crippen LogP contribution in [0, 0.1) is 0 Å². The maximum Gasteiger partial charge on any atom is 0.325 e. The van der Waals surface area contributed by atoms with E-state index in [1.54, 1.807) is 0 Å². The molecule has 0 atom stereocenters. The molecule has 0 aromatic carbocycles. The molecule has 11 heavy (non-hydrogen) atoms. The molecule has 0 radical (unpaired) electrons. The van der Waals surface area contributed by atoms with E-state index in [1.807, 2.05) is 0 Å². The number of aromatic nitrogens is 3. The maximum absolute atomic E-state index is 10.2. The van der Waals surface area contributed by atoms with Crippen LogP contribution in [0.15, 0.2) is 6.20 Å². The number of hydrogen-bond donors (Lipinski definition) is 1. The number of carboxylic acid groups (broad SMARTS) is 1. The number of nitrogens with zero attached hydrogens (tertiary/aromatic N) is 3. The lowest BCUT2D eigenvalue weighted by Gasteiger charge is -1.94. The third-order valence-corrected chi connectivity index (χ3v) is 1.05. The fraction of sp³-hybridized carbons (Fsp3) is 0.200.